The first-order chi connectivity index (χ1) is 14.1. The summed E-state index contributed by atoms with van der Waals surface area (Å²) in [5, 5.41) is 20.7. The summed E-state index contributed by atoms with van der Waals surface area (Å²) in [6.07, 6.45) is -1.23. The molecule has 8 nitrogen and oxygen atoms in total. The second-order valence-corrected chi connectivity index (χ2v) is 9.75. The van der Waals surface area contributed by atoms with E-state index in [1.54, 1.807) is 7.11 Å². The van der Waals surface area contributed by atoms with E-state index in [0.29, 0.717) is 12.4 Å². The van der Waals surface area contributed by atoms with Gasteiger partial charge in [-0.1, -0.05) is 67.7 Å². The van der Waals surface area contributed by atoms with Gasteiger partial charge in [0.05, 0.1) is 13.7 Å². The highest BCUT2D eigenvalue weighted by molar-refractivity contribution is 6.76. The Balaban J connectivity index is 1.74. The molecular formula is C19H24Cl3N5O3. The van der Waals surface area contributed by atoms with E-state index < -0.39 is 22.1 Å². The fourth-order valence-corrected chi connectivity index (χ4v) is 3.47. The third-order valence-electron chi connectivity index (χ3n) is 5.54. The van der Waals surface area contributed by atoms with Crippen molar-refractivity contribution in [2.24, 2.45) is 17.8 Å². The van der Waals surface area contributed by atoms with E-state index in [-0.39, 0.29) is 17.8 Å². The standard InChI is InChI=1S/C19H24Cl3N5O3/c1-10-11(2)15(29-17(12(10)3)30-18(23)19(20,21)22)16-24-26-27(25-16)9-13-5-7-14(28-4)8-6-13/h5-8,10-12,15,17,23H,9H2,1-4H3/t10-,11-,12?,15?,17+/m0/s1. The van der Waals surface area contributed by atoms with E-state index in [4.69, 9.17) is 54.4 Å². The fourth-order valence-electron chi connectivity index (χ4n) is 3.34. The van der Waals surface area contributed by atoms with E-state index in [2.05, 4.69) is 29.3 Å². The molecule has 11 heteroatoms. The van der Waals surface area contributed by atoms with Crippen LogP contribution < -0.4 is 4.74 Å². The number of hydrogen-bond donors (Lipinski definition) is 1. The normalized spacial score (nSPS) is 27.0. The Morgan fingerprint density at radius 3 is 2.40 bits per heavy atom. The lowest BCUT2D eigenvalue weighted by molar-refractivity contribution is -0.222. The lowest BCUT2D eigenvalue weighted by atomic mass is 9.79. The largest absolute Gasteiger partial charge is 0.497 e. The van der Waals surface area contributed by atoms with Gasteiger partial charge in [-0.25, -0.2) is 0 Å². The van der Waals surface area contributed by atoms with Crippen LogP contribution in [-0.2, 0) is 16.0 Å². The number of tetrazole rings is 1. The first-order valence-corrected chi connectivity index (χ1v) is 10.6. The van der Waals surface area contributed by atoms with E-state index in [0.717, 1.165) is 11.3 Å². The molecule has 2 heterocycles. The van der Waals surface area contributed by atoms with Gasteiger partial charge in [-0.2, -0.15) is 4.80 Å². The molecule has 0 radical (unpaired) electrons. The zero-order chi connectivity index (χ0) is 22.1. The van der Waals surface area contributed by atoms with Crippen LogP contribution in [0.15, 0.2) is 24.3 Å². The first kappa shape index (κ1) is 23.1. The van der Waals surface area contributed by atoms with E-state index in [1.165, 1.54) is 4.80 Å². The highest BCUT2D eigenvalue weighted by Gasteiger charge is 2.44. The number of nitrogens with one attached hydrogen (secondary N) is 1. The predicted molar refractivity (Wildman–Crippen MR) is 114 cm³/mol. The van der Waals surface area contributed by atoms with Crippen LogP contribution in [-0.4, -0.2) is 43.3 Å². The predicted octanol–water partition coefficient (Wildman–Crippen LogP) is 4.40. The summed E-state index contributed by atoms with van der Waals surface area (Å²) in [5.41, 5.74) is 1.01. The molecule has 0 spiro atoms. The lowest BCUT2D eigenvalue weighted by Crippen LogP contribution is -2.44. The zero-order valence-corrected chi connectivity index (χ0v) is 19.3. The van der Waals surface area contributed by atoms with Crippen molar-refractivity contribution < 1.29 is 14.2 Å². The van der Waals surface area contributed by atoms with Crippen molar-refractivity contribution in [2.45, 2.75) is 43.5 Å². The maximum atomic E-state index is 7.86. The molecule has 5 atom stereocenters. The summed E-state index contributed by atoms with van der Waals surface area (Å²) in [7, 11) is 1.62. The van der Waals surface area contributed by atoms with Gasteiger partial charge in [0.15, 0.2) is 0 Å². The quantitative estimate of drug-likeness (QED) is 0.390. The molecule has 164 valence electrons. The summed E-state index contributed by atoms with van der Waals surface area (Å²) in [4.78, 5) is 1.51. The zero-order valence-electron chi connectivity index (χ0n) is 17.1. The molecule has 1 aliphatic rings. The number of nitrogens with zero attached hydrogens (tertiary/aromatic N) is 4. The van der Waals surface area contributed by atoms with Gasteiger partial charge in [-0.05, 0) is 34.7 Å². The second kappa shape index (κ2) is 9.26. The van der Waals surface area contributed by atoms with Crippen molar-refractivity contribution in [1.29, 1.82) is 5.41 Å². The molecule has 1 saturated heterocycles. The molecule has 1 N–H and O–H groups in total. The highest BCUT2D eigenvalue weighted by atomic mass is 35.6. The Morgan fingerprint density at radius 2 is 1.80 bits per heavy atom. The lowest BCUT2D eigenvalue weighted by Gasteiger charge is -2.42. The van der Waals surface area contributed by atoms with E-state index in [1.807, 2.05) is 31.2 Å². The van der Waals surface area contributed by atoms with Crippen LogP contribution in [0.1, 0.15) is 38.3 Å². The second-order valence-electron chi connectivity index (χ2n) is 7.47. The molecule has 1 aromatic carbocycles. The van der Waals surface area contributed by atoms with Gasteiger partial charge < -0.3 is 14.2 Å². The fraction of sp³-hybridized carbons (Fsp3) is 0.579. The third-order valence-corrected chi connectivity index (χ3v) is 6.06. The van der Waals surface area contributed by atoms with Gasteiger partial charge in [0.25, 0.3) is 3.79 Å². The smallest absolute Gasteiger partial charge is 0.265 e. The van der Waals surface area contributed by atoms with Gasteiger partial charge in [0, 0.05) is 5.92 Å². The molecule has 1 aliphatic heterocycles. The SMILES string of the molecule is COc1ccc(Cn2nnc(C3O[C@H](OC(=N)C(Cl)(Cl)Cl)C(C)[C@@H](C)[C@@H]3C)n2)cc1. The Hall–Kier alpha value is -1.61. The Morgan fingerprint density at radius 1 is 1.13 bits per heavy atom. The van der Waals surface area contributed by atoms with Crippen LogP contribution in [0.5, 0.6) is 5.75 Å². The van der Waals surface area contributed by atoms with Crippen LogP contribution in [0.2, 0.25) is 0 Å². The number of alkyl halides is 3. The van der Waals surface area contributed by atoms with Crippen molar-refractivity contribution in [2.75, 3.05) is 7.11 Å². The summed E-state index contributed by atoms with van der Waals surface area (Å²) in [5.74, 6) is 0.999. The van der Waals surface area contributed by atoms with Gasteiger partial charge in [-0.3, -0.25) is 5.41 Å². The topological polar surface area (TPSA) is 95.1 Å². The third kappa shape index (κ3) is 5.17. The van der Waals surface area contributed by atoms with Crippen molar-refractivity contribution in [3.63, 3.8) is 0 Å². The molecule has 1 aromatic heterocycles. The number of hydrogen-bond acceptors (Lipinski definition) is 7. The van der Waals surface area contributed by atoms with Crippen LogP contribution in [0.3, 0.4) is 0 Å². The molecule has 3 rings (SSSR count). The van der Waals surface area contributed by atoms with Crippen molar-refractivity contribution >= 4 is 40.7 Å². The van der Waals surface area contributed by atoms with Crippen molar-refractivity contribution in [3.8, 4) is 5.75 Å². The molecule has 0 aliphatic carbocycles. The molecule has 0 bridgehead atoms. The van der Waals surface area contributed by atoms with Gasteiger partial charge in [0.1, 0.15) is 11.9 Å². The molecule has 30 heavy (non-hydrogen) atoms. The Kier molecular flexibility index (Phi) is 7.12. The molecule has 0 amide bonds. The van der Waals surface area contributed by atoms with Crippen LogP contribution in [0.25, 0.3) is 0 Å². The van der Waals surface area contributed by atoms with Gasteiger partial charge in [0.2, 0.25) is 18.0 Å². The average Bonchev–Trinajstić information content (AvgIpc) is 3.16. The van der Waals surface area contributed by atoms with Crippen LogP contribution in [0, 0.1) is 23.2 Å². The average molecular weight is 477 g/mol. The highest BCUT2D eigenvalue weighted by Crippen LogP contribution is 2.42. The molecule has 2 aromatic rings. The molecule has 1 fully saturated rings. The number of ether oxygens (including phenoxy) is 3. The van der Waals surface area contributed by atoms with E-state index >= 15 is 0 Å². The maximum Gasteiger partial charge on any atom is 0.265 e. The number of aromatic nitrogens is 4. The number of rotatable bonds is 5. The maximum absolute atomic E-state index is 7.86. The van der Waals surface area contributed by atoms with E-state index in [9.17, 15) is 0 Å². The minimum atomic E-state index is -1.95. The minimum absolute atomic E-state index is 0.0294. The molecule has 2 unspecified atom stereocenters. The first-order valence-electron chi connectivity index (χ1n) is 9.48. The number of benzene rings is 1. The summed E-state index contributed by atoms with van der Waals surface area (Å²) in [6, 6.07) is 7.64. The Labute approximate surface area is 190 Å². The number of halogens is 3. The Bertz CT molecular complexity index is 871. The number of methoxy groups -OCH3 is 1. The van der Waals surface area contributed by atoms with Crippen molar-refractivity contribution in [3.05, 3.63) is 35.7 Å². The van der Waals surface area contributed by atoms with Gasteiger partial charge in [-0.15, -0.1) is 10.2 Å². The molecule has 0 saturated carbocycles. The summed E-state index contributed by atoms with van der Waals surface area (Å²) in [6.45, 7) is 6.58. The summed E-state index contributed by atoms with van der Waals surface area (Å²) >= 11 is 17.2. The molecular weight excluding hydrogens is 453 g/mol. The van der Waals surface area contributed by atoms with Crippen LogP contribution in [0.4, 0.5) is 0 Å². The minimum Gasteiger partial charge on any atom is -0.497 e. The summed E-state index contributed by atoms with van der Waals surface area (Å²) < 4.78 is 14.8. The van der Waals surface area contributed by atoms with Gasteiger partial charge >= 0.3 is 0 Å². The monoisotopic (exact) mass is 475 g/mol. The van der Waals surface area contributed by atoms with Crippen LogP contribution >= 0.6 is 34.8 Å². The van der Waals surface area contributed by atoms with Crippen molar-refractivity contribution in [1.82, 2.24) is 20.2 Å².